The number of ether oxygens (including phenoxy) is 1. The molecule has 0 saturated carbocycles. The van der Waals surface area contributed by atoms with E-state index in [4.69, 9.17) is 10.5 Å². The number of halogens is 1. The molecule has 0 spiro atoms. The summed E-state index contributed by atoms with van der Waals surface area (Å²) in [6.07, 6.45) is 0.439. The molecule has 0 bridgehead atoms. The van der Waals surface area contributed by atoms with Gasteiger partial charge in [0.1, 0.15) is 6.10 Å². The van der Waals surface area contributed by atoms with Gasteiger partial charge in [-0.25, -0.2) is 0 Å². The highest BCUT2D eigenvalue weighted by Gasteiger charge is 2.27. The summed E-state index contributed by atoms with van der Waals surface area (Å²) in [7, 11) is 1.52. The fourth-order valence-corrected chi connectivity index (χ4v) is 1.59. The minimum absolute atomic E-state index is 0. The first-order valence-electron chi connectivity index (χ1n) is 5.39. The first-order valence-corrected chi connectivity index (χ1v) is 5.39. The summed E-state index contributed by atoms with van der Waals surface area (Å²) in [4.78, 5) is 11.6. The van der Waals surface area contributed by atoms with Crippen LogP contribution in [-0.2, 0) is 9.53 Å². The number of nitrogens with one attached hydrogen (secondary N) is 1. The zero-order chi connectivity index (χ0) is 12.1. The van der Waals surface area contributed by atoms with Crippen molar-refractivity contribution in [1.82, 2.24) is 5.32 Å². The van der Waals surface area contributed by atoms with Crippen molar-refractivity contribution in [2.75, 3.05) is 13.7 Å². The Bertz CT molecular complexity index is 212. The molecule has 0 aromatic carbocycles. The Balaban J connectivity index is 0. The molecule has 0 heterocycles. The van der Waals surface area contributed by atoms with Crippen LogP contribution >= 0.6 is 12.4 Å². The summed E-state index contributed by atoms with van der Waals surface area (Å²) in [5, 5.41) is 2.94. The van der Waals surface area contributed by atoms with E-state index in [1.54, 1.807) is 6.92 Å². The van der Waals surface area contributed by atoms with Gasteiger partial charge >= 0.3 is 0 Å². The molecular formula is C11H25ClN2O2. The molecule has 0 aromatic heterocycles. The van der Waals surface area contributed by atoms with E-state index in [1.807, 2.05) is 6.92 Å². The summed E-state index contributed by atoms with van der Waals surface area (Å²) in [6.45, 7) is 8.35. The number of rotatable bonds is 6. The van der Waals surface area contributed by atoms with Crippen LogP contribution in [0.1, 0.15) is 34.1 Å². The average Bonchev–Trinajstić information content (AvgIpc) is 2.15. The summed E-state index contributed by atoms with van der Waals surface area (Å²) in [5.74, 6) is 0.391. The minimum Gasteiger partial charge on any atom is -0.372 e. The van der Waals surface area contributed by atoms with Crippen LogP contribution in [0, 0.1) is 5.92 Å². The number of methoxy groups -OCH3 is 1. The lowest BCUT2D eigenvalue weighted by Crippen LogP contribution is -2.54. The standard InChI is InChI=1S/C11H24N2O2.ClH/c1-8(2)6-11(4,7-12)13-10(14)9(3)15-5;/h8-9H,6-7,12H2,1-5H3,(H,13,14);1H. The highest BCUT2D eigenvalue weighted by molar-refractivity contribution is 5.85. The van der Waals surface area contributed by atoms with Crippen molar-refractivity contribution in [1.29, 1.82) is 0 Å². The lowest BCUT2D eigenvalue weighted by atomic mass is 9.90. The highest BCUT2D eigenvalue weighted by Crippen LogP contribution is 2.15. The van der Waals surface area contributed by atoms with Crippen molar-refractivity contribution in [3.05, 3.63) is 0 Å². The van der Waals surface area contributed by atoms with Gasteiger partial charge in [-0.05, 0) is 26.2 Å². The lowest BCUT2D eigenvalue weighted by Gasteiger charge is -2.32. The first-order chi connectivity index (χ1) is 6.84. The minimum atomic E-state index is -0.428. The second kappa shape index (κ2) is 7.87. The third kappa shape index (κ3) is 6.30. The van der Waals surface area contributed by atoms with E-state index in [0.717, 1.165) is 6.42 Å². The number of nitrogens with two attached hydrogens (primary N) is 1. The molecule has 0 aromatic rings. The molecule has 1 amide bonds. The van der Waals surface area contributed by atoms with E-state index >= 15 is 0 Å². The zero-order valence-electron chi connectivity index (χ0n) is 10.9. The Kier molecular flexibility index (Phi) is 8.88. The third-order valence-corrected chi connectivity index (χ3v) is 2.46. The summed E-state index contributed by atoms with van der Waals surface area (Å²) in [6, 6.07) is 0. The Labute approximate surface area is 105 Å². The van der Waals surface area contributed by atoms with Gasteiger partial charge in [-0.1, -0.05) is 13.8 Å². The first kappa shape index (κ1) is 18.1. The van der Waals surface area contributed by atoms with Crippen molar-refractivity contribution in [2.24, 2.45) is 11.7 Å². The van der Waals surface area contributed by atoms with E-state index in [2.05, 4.69) is 19.2 Å². The zero-order valence-corrected chi connectivity index (χ0v) is 11.7. The quantitative estimate of drug-likeness (QED) is 0.750. The van der Waals surface area contributed by atoms with Gasteiger partial charge < -0.3 is 15.8 Å². The van der Waals surface area contributed by atoms with Gasteiger partial charge in [0, 0.05) is 19.2 Å². The van der Waals surface area contributed by atoms with Gasteiger partial charge in [-0.2, -0.15) is 0 Å². The smallest absolute Gasteiger partial charge is 0.249 e. The van der Waals surface area contributed by atoms with Crippen LogP contribution in [0.4, 0.5) is 0 Å². The molecule has 0 fully saturated rings. The molecule has 3 N–H and O–H groups in total. The van der Waals surface area contributed by atoms with Crippen molar-refractivity contribution >= 4 is 18.3 Å². The topological polar surface area (TPSA) is 64.3 Å². The van der Waals surface area contributed by atoms with Gasteiger partial charge in [-0.15, -0.1) is 12.4 Å². The van der Waals surface area contributed by atoms with Crippen LogP contribution < -0.4 is 11.1 Å². The lowest BCUT2D eigenvalue weighted by molar-refractivity contribution is -0.132. The normalized spacial score (nSPS) is 16.2. The molecule has 98 valence electrons. The molecule has 0 aliphatic heterocycles. The molecule has 2 atom stereocenters. The van der Waals surface area contributed by atoms with Gasteiger partial charge in [0.05, 0.1) is 0 Å². The van der Waals surface area contributed by atoms with Crippen LogP contribution in [0.25, 0.3) is 0 Å². The van der Waals surface area contributed by atoms with E-state index in [0.29, 0.717) is 12.5 Å². The Morgan fingerprint density at radius 2 is 1.94 bits per heavy atom. The van der Waals surface area contributed by atoms with E-state index in [1.165, 1.54) is 7.11 Å². The molecule has 0 rings (SSSR count). The number of carbonyl (C=O) groups is 1. The summed E-state index contributed by atoms with van der Waals surface area (Å²) < 4.78 is 4.95. The van der Waals surface area contributed by atoms with Crippen molar-refractivity contribution in [3.8, 4) is 0 Å². The second-order valence-electron chi connectivity index (χ2n) is 4.73. The van der Waals surface area contributed by atoms with Crippen molar-refractivity contribution in [2.45, 2.75) is 45.8 Å². The maximum absolute atomic E-state index is 11.6. The number of carbonyl (C=O) groups excluding carboxylic acids is 1. The molecule has 4 nitrogen and oxygen atoms in total. The SMILES string of the molecule is COC(C)C(=O)NC(C)(CN)CC(C)C.Cl. The van der Waals surface area contributed by atoms with Crippen LogP contribution in [0.15, 0.2) is 0 Å². The predicted octanol–water partition coefficient (Wildman–Crippen LogP) is 1.32. The van der Waals surface area contributed by atoms with Gasteiger partial charge in [0.25, 0.3) is 0 Å². The van der Waals surface area contributed by atoms with Crippen LogP contribution in [0.3, 0.4) is 0 Å². The molecule has 16 heavy (non-hydrogen) atoms. The molecule has 0 aliphatic rings. The van der Waals surface area contributed by atoms with E-state index < -0.39 is 6.10 Å². The van der Waals surface area contributed by atoms with Gasteiger partial charge in [-0.3, -0.25) is 4.79 Å². The highest BCUT2D eigenvalue weighted by atomic mass is 35.5. The van der Waals surface area contributed by atoms with E-state index in [9.17, 15) is 4.79 Å². The largest absolute Gasteiger partial charge is 0.372 e. The monoisotopic (exact) mass is 252 g/mol. The van der Waals surface area contributed by atoms with Crippen LogP contribution in [-0.4, -0.2) is 31.2 Å². The Morgan fingerprint density at radius 3 is 2.25 bits per heavy atom. The maximum Gasteiger partial charge on any atom is 0.249 e. The average molecular weight is 253 g/mol. The molecule has 0 radical (unpaired) electrons. The molecule has 0 saturated heterocycles. The molecule has 2 unspecified atom stereocenters. The van der Waals surface area contributed by atoms with Gasteiger partial charge in [0.2, 0.25) is 5.91 Å². The van der Waals surface area contributed by atoms with Crippen molar-refractivity contribution < 1.29 is 9.53 Å². The summed E-state index contributed by atoms with van der Waals surface area (Å²) >= 11 is 0. The Hall–Kier alpha value is -0.320. The molecular weight excluding hydrogens is 228 g/mol. The summed E-state index contributed by atoms with van der Waals surface area (Å²) in [5.41, 5.74) is 5.35. The molecule has 5 heteroatoms. The second-order valence-corrected chi connectivity index (χ2v) is 4.73. The fourth-order valence-electron chi connectivity index (χ4n) is 1.59. The number of amides is 1. The maximum atomic E-state index is 11.6. The van der Waals surface area contributed by atoms with Gasteiger partial charge in [0.15, 0.2) is 0 Å². The fraction of sp³-hybridized carbons (Fsp3) is 0.909. The number of hydrogen-bond acceptors (Lipinski definition) is 3. The number of hydrogen-bond donors (Lipinski definition) is 2. The Morgan fingerprint density at radius 1 is 1.44 bits per heavy atom. The van der Waals surface area contributed by atoms with Crippen molar-refractivity contribution in [3.63, 3.8) is 0 Å². The third-order valence-electron chi connectivity index (χ3n) is 2.46. The van der Waals surface area contributed by atoms with E-state index in [-0.39, 0.29) is 23.9 Å². The molecule has 0 aliphatic carbocycles. The van der Waals surface area contributed by atoms with Crippen LogP contribution in [0.5, 0.6) is 0 Å². The van der Waals surface area contributed by atoms with Crippen LogP contribution in [0.2, 0.25) is 0 Å². The predicted molar refractivity (Wildman–Crippen MR) is 68.8 cm³/mol.